The zero-order chi connectivity index (χ0) is 28.1. The molecule has 2 heteroatoms. The van der Waals surface area contributed by atoms with E-state index in [1.54, 1.807) is 0 Å². The van der Waals surface area contributed by atoms with E-state index < -0.39 is 0 Å². The van der Waals surface area contributed by atoms with Gasteiger partial charge in [0.2, 0.25) is 0 Å². The summed E-state index contributed by atoms with van der Waals surface area (Å²) in [5.74, 6) is 1.76. The van der Waals surface area contributed by atoms with Gasteiger partial charge >= 0.3 is 0 Å². The van der Waals surface area contributed by atoms with Crippen LogP contribution in [0.5, 0.6) is 0 Å². The van der Waals surface area contributed by atoms with Crippen LogP contribution in [0.15, 0.2) is 59.6 Å². The van der Waals surface area contributed by atoms with Crippen molar-refractivity contribution in [1.82, 2.24) is 0 Å². The molecule has 2 nitrogen and oxygen atoms in total. The number of aliphatic imine (C=N–C) groups is 1. The molecule has 0 amide bonds. The molecule has 0 spiro atoms. The van der Waals surface area contributed by atoms with Crippen molar-refractivity contribution in [2.75, 3.05) is 0 Å². The van der Waals surface area contributed by atoms with Gasteiger partial charge < -0.3 is 5.41 Å². The van der Waals surface area contributed by atoms with Gasteiger partial charge in [0.05, 0.1) is 5.69 Å². The van der Waals surface area contributed by atoms with Crippen molar-refractivity contribution in [3.63, 3.8) is 0 Å². The molecule has 0 aliphatic heterocycles. The van der Waals surface area contributed by atoms with Crippen LogP contribution >= 0.6 is 0 Å². The summed E-state index contributed by atoms with van der Waals surface area (Å²) in [5, 5.41) is 8.58. The number of para-hydroxylation sites is 1. The lowest BCUT2D eigenvalue weighted by atomic mass is 9.84. The fraction of sp³-hybridized carbons (Fsp3) is 0.444. The monoisotopic (exact) mass is 508 g/mol. The molecule has 0 radical (unpaired) electrons. The van der Waals surface area contributed by atoms with Crippen LogP contribution in [-0.2, 0) is 12.8 Å². The number of nitrogens with one attached hydrogen (secondary N) is 1. The summed E-state index contributed by atoms with van der Waals surface area (Å²) in [7, 11) is 0. The van der Waals surface area contributed by atoms with Crippen LogP contribution in [0.1, 0.15) is 137 Å². The smallest absolute Gasteiger partial charge is 0.0702 e. The van der Waals surface area contributed by atoms with Crippen LogP contribution in [0, 0.1) is 5.41 Å². The van der Waals surface area contributed by atoms with E-state index in [-0.39, 0.29) is 0 Å². The Hall–Kier alpha value is -3.00. The van der Waals surface area contributed by atoms with E-state index in [1.807, 2.05) is 6.92 Å². The summed E-state index contributed by atoms with van der Waals surface area (Å²) in [5.41, 5.74) is 13.1. The Morgan fingerprint density at radius 3 is 1.42 bits per heavy atom. The van der Waals surface area contributed by atoms with Gasteiger partial charge in [-0.25, -0.2) is 0 Å². The summed E-state index contributed by atoms with van der Waals surface area (Å²) in [4.78, 5) is 5.33. The van der Waals surface area contributed by atoms with Crippen LogP contribution in [0.4, 0.5) is 5.69 Å². The average Bonchev–Trinajstić information content (AvgIpc) is 2.86. The molecule has 0 saturated carbocycles. The molecule has 1 N–H and O–H groups in total. The first kappa shape index (κ1) is 29.6. The summed E-state index contributed by atoms with van der Waals surface area (Å²) in [6.07, 6.45) is 1.85. The minimum atomic E-state index is 0.400. The van der Waals surface area contributed by atoms with Crippen LogP contribution in [0.25, 0.3) is 0 Å². The molecule has 0 unspecified atom stereocenters. The highest BCUT2D eigenvalue weighted by Crippen LogP contribution is 2.36. The highest BCUT2D eigenvalue weighted by atomic mass is 14.8. The lowest BCUT2D eigenvalue weighted by molar-refractivity contribution is 0.784. The summed E-state index contributed by atoms with van der Waals surface area (Å²) >= 11 is 0. The van der Waals surface area contributed by atoms with Gasteiger partial charge in [0.25, 0.3) is 0 Å². The van der Waals surface area contributed by atoms with Gasteiger partial charge in [-0.05, 0) is 94.9 Å². The van der Waals surface area contributed by atoms with Gasteiger partial charge in [-0.3, -0.25) is 4.99 Å². The largest absolute Gasteiger partial charge is 0.305 e. The third-order valence-electron chi connectivity index (χ3n) is 7.71. The number of hydrogen-bond donors (Lipinski definition) is 1. The maximum Gasteiger partial charge on any atom is 0.0702 e. The van der Waals surface area contributed by atoms with E-state index >= 15 is 0 Å². The lowest BCUT2D eigenvalue weighted by Gasteiger charge is -2.22. The zero-order valence-electron chi connectivity index (χ0n) is 25.4. The molecule has 0 atom stereocenters. The fourth-order valence-electron chi connectivity index (χ4n) is 5.66. The van der Waals surface area contributed by atoms with Crippen LogP contribution in [0.3, 0.4) is 0 Å². The molecule has 0 saturated heterocycles. The zero-order valence-corrected chi connectivity index (χ0v) is 25.4. The molecule has 3 aromatic carbocycles. The minimum Gasteiger partial charge on any atom is -0.305 e. The van der Waals surface area contributed by atoms with Gasteiger partial charge in [0.1, 0.15) is 0 Å². The van der Waals surface area contributed by atoms with Crippen molar-refractivity contribution in [2.45, 2.75) is 106 Å². The topological polar surface area (TPSA) is 36.2 Å². The number of rotatable bonds is 10. The van der Waals surface area contributed by atoms with Gasteiger partial charge in [-0.1, -0.05) is 110 Å². The van der Waals surface area contributed by atoms with Crippen molar-refractivity contribution >= 4 is 17.1 Å². The quantitative estimate of drug-likeness (QED) is 0.264. The van der Waals surface area contributed by atoms with E-state index in [1.165, 1.54) is 33.4 Å². The maximum absolute atomic E-state index is 8.58. The first-order valence-corrected chi connectivity index (χ1v) is 14.4. The molecular weight excluding hydrogens is 460 g/mol. The van der Waals surface area contributed by atoms with Crippen molar-refractivity contribution in [3.8, 4) is 0 Å². The van der Waals surface area contributed by atoms with Gasteiger partial charge in [-0.15, -0.1) is 0 Å². The first-order chi connectivity index (χ1) is 17.9. The molecule has 0 aromatic heterocycles. The summed E-state index contributed by atoms with van der Waals surface area (Å²) in [6.45, 7) is 22.2. The van der Waals surface area contributed by atoms with Gasteiger partial charge in [-0.2, -0.15) is 0 Å². The van der Waals surface area contributed by atoms with Crippen molar-refractivity contribution in [3.05, 3.63) is 99.1 Å². The SMILES string of the molecule is CC(=N)c1cccc(C(C)=Nc2c(C(C)C)cccc2C(C)C)c1CCc1c(C(C)C)cccc1C(C)C. The van der Waals surface area contributed by atoms with Crippen LogP contribution in [0.2, 0.25) is 0 Å². The molecule has 0 fully saturated rings. The Kier molecular flexibility index (Phi) is 9.88. The Morgan fingerprint density at radius 1 is 0.579 bits per heavy atom. The van der Waals surface area contributed by atoms with Crippen LogP contribution in [-0.4, -0.2) is 11.4 Å². The second kappa shape index (κ2) is 12.7. The third kappa shape index (κ3) is 6.52. The van der Waals surface area contributed by atoms with Gasteiger partial charge in [0.15, 0.2) is 0 Å². The van der Waals surface area contributed by atoms with E-state index in [4.69, 9.17) is 10.4 Å². The molecule has 0 bridgehead atoms. The van der Waals surface area contributed by atoms with Crippen molar-refractivity contribution < 1.29 is 0 Å². The molecular formula is C36H48N2. The van der Waals surface area contributed by atoms with Crippen LogP contribution < -0.4 is 0 Å². The van der Waals surface area contributed by atoms with Crippen molar-refractivity contribution in [2.24, 2.45) is 4.99 Å². The van der Waals surface area contributed by atoms with Gasteiger partial charge in [0, 0.05) is 11.4 Å². The minimum absolute atomic E-state index is 0.400. The molecule has 0 heterocycles. The third-order valence-corrected chi connectivity index (χ3v) is 7.71. The number of hydrogen-bond acceptors (Lipinski definition) is 2. The average molecular weight is 509 g/mol. The van der Waals surface area contributed by atoms with E-state index in [2.05, 4.69) is 117 Å². The second-order valence-corrected chi connectivity index (χ2v) is 12.0. The Balaban J connectivity index is 2.16. The summed E-state index contributed by atoms with van der Waals surface area (Å²) < 4.78 is 0. The lowest BCUT2D eigenvalue weighted by Crippen LogP contribution is -2.11. The molecule has 0 aliphatic carbocycles. The van der Waals surface area contributed by atoms with E-state index in [0.717, 1.165) is 35.4 Å². The Bertz CT molecular complexity index is 1250. The molecule has 38 heavy (non-hydrogen) atoms. The molecule has 0 aliphatic rings. The second-order valence-electron chi connectivity index (χ2n) is 12.0. The maximum atomic E-state index is 8.58. The molecule has 202 valence electrons. The van der Waals surface area contributed by atoms with Crippen molar-refractivity contribution in [1.29, 1.82) is 5.41 Å². The Morgan fingerprint density at radius 2 is 0.974 bits per heavy atom. The number of nitrogens with zero attached hydrogens (tertiary/aromatic N) is 1. The normalized spacial score (nSPS) is 12.3. The summed E-state index contributed by atoms with van der Waals surface area (Å²) in [6, 6.07) is 19.8. The molecule has 3 rings (SSSR count). The standard InChI is InChI=1S/C36H48N2/c1-22(2)28-14-11-15-29(23(3)4)34(28)20-21-35-32(26(9)37)18-13-19-33(35)27(10)38-36-30(24(5)6)16-12-17-31(36)25(7)8/h11-19,22-25,37H,20-21H2,1-10H3. The van der Waals surface area contributed by atoms with E-state index in [9.17, 15) is 0 Å². The highest BCUT2D eigenvalue weighted by Gasteiger charge is 2.19. The van der Waals surface area contributed by atoms with E-state index in [0.29, 0.717) is 29.4 Å². The predicted octanol–water partition coefficient (Wildman–Crippen LogP) is 10.5. The Labute approximate surface area is 232 Å². The molecule has 3 aromatic rings. The predicted molar refractivity (Wildman–Crippen MR) is 167 cm³/mol. The first-order valence-electron chi connectivity index (χ1n) is 14.4. The number of benzene rings is 3. The highest BCUT2D eigenvalue weighted by molar-refractivity contribution is 6.06. The fourth-order valence-corrected chi connectivity index (χ4v) is 5.66.